The van der Waals surface area contributed by atoms with Gasteiger partial charge in [-0.15, -0.1) is 0 Å². The average Bonchev–Trinajstić information content (AvgIpc) is 2.28. The van der Waals surface area contributed by atoms with Crippen LogP contribution in [0.3, 0.4) is 0 Å². The maximum absolute atomic E-state index is 11.9. The topological polar surface area (TPSA) is 80.4 Å². The van der Waals surface area contributed by atoms with Crippen LogP contribution >= 0.6 is 0 Å². The number of benzene rings is 1. The second kappa shape index (κ2) is 4.95. The Morgan fingerprint density at radius 1 is 1.19 bits per heavy atom. The minimum atomic E-state index is -3.75. The molecule has 0 radical (unpaired) electrons. The summed E-state index contributed by atoms with van der Waals surface area (Å²) in [6, 6.07) is 7.05. The molecule has 90 valence electrons. The van der Waals surface area contributed by atoms with Crippen LogP contribution in [0.4, 0.5) is 0 Å². The zero-order valence-corrected chi connectivity index (χ0v) is 10.2. The summed E-state index contributed by atoms with van der Waals surface area (Å²) in [4.78, 5) is 0.0959. The number of sulfone groups is 1. The molecule has 0 aliphatic heterocycles. The number of hydrogen-bond acceptors (Lipinski definition) is 4. The van der Waals surface area contributed by atoms with E-state index in [4.69, 9.17) is 5.73 Å². The molecule has 1 rings (SSSR count). The minimum Gasteiger partial charge on any atom is -0.375 e. The zero-order valence-electron chi connectivity index (χ0n) is 9.37. The van der Waals surface area contributed by atoms with Crippen LogP contribution in [0, 0.1) is 5.92 Å². The van der Waals surface area contributed by atoms with Crippen LogP contribution < -0.4 is 5.73 Å². The summed E-state index contributed by atoms with van der Waals surface area (Å²) in [7, 11) is -3.75. The fraction of sp³-hybridized carbons (Fsp3) is 0.455. The quantitative estimate of drug-likeness (QED) is 0.818. The molecule has 1 unspecified atom stereocenters. The lowest BCUT2D eigenvalue weighted by Crippen LogP contribution is -2.43. The maximum Gasteiger partial charge on any atom is 0.206 e. The minimum absolute atomic E-state index is 0.0959. The summed E-state index contributed by atoms with van der Waals surface area (Å²) in [5.41, 5.74) is 4.09. The van der Waals surface area contributed by atoms with Gasteiger partial charge in [-0.1, -0.05) is 32.0 Å². The molecule has 0 fully saturated rings. The first kappa shape index (κ1) is 13.2. The third kappa shape index (κ3) is 2.61. The second-order valence-corrected chi connectivity index (χ2v) is 6.11. The molecule has 3 N–H and O–H groups in total. The van der Waals surface area contributed by atoms with Gasteiger partial charge >= 0.3 is 0 Å². The fourth-order valence-electron chi connectivity index (χ4n) is 1.29. The first-order valence-corrected chi connectivity index (χ1v) is 6.64. The molecule has 1 aromatic carbocycles. The van der Waals surface area contributed by atoms with E-state index in [1.807, 2.05) is 0 Å². The van der Waals surface area contributed by atoms with E-state index < -0.39 is 21.3 Å². The summed E-state index contributed by atoms with van der Waals surface area (Å²) < 4.78 is 23.9. The van der Waals surface area contributed by atoms with E-state index in [2.05, 4.69) is 0 Å². The molecule has 0 amide bonds. The molecule has 0 saturated heterocycles. The smallest absolute Gasteiger partial charge is 0.206 e. The standard InChI is InChI=1S/C11H17NO3S/c1-8(2)10(12)11(13)16(14,15)9-6-4-3-5-7-9/h3-8,10-11,13H,12H2,1-2H3/t10-,11?/m0/s1. The van der Waals surface area contributed by atoms with E-state index >= 15 is 0 Å². The molecule has 0 saturated carbocycles. The van der Waals surface area contributed by atoms with E-state index in [-0.39, 0.29) is 10.8 Å². The molecular formula is C11H17NO3S. The van der Waals surface area contributed by atoms with Crippen molar-refractivity contribution in [2.45, 2.75) is 30.2 Å². The molecule has 0 aliphatic carbocycles. The van der Waals surface area contributed by atoms with Crippen LogP contribution in [0.15, 0.2) is 35.2 Å². The predicted octanol–water partition coefficient (Wildman–Crippen LogP) is 0.762. The highest BCUT2D eigenvalue weighted by atomic mass is 32.2. The zero-order chi connectivity index (χ0) is 12.3. The molecule has 0 heterocycles. The lowest BCUT2D eigenvalue weighted by Gasteiger charge is -2.22. The lowest BCUT2D eigenvalue weighted by molar-refractivity contribution is 0.193. The Balaban J connectivity index is 3.04. The molecule has 1 aromatic rings. The molecule has 16 heavy (non-hydrogen) atoms. The molecular weight excluding hydrogens is 226 g/mol. The number of aliphatic hydroxyl groups excluding tert-OH is 1. The summed E-state index contributed by atoms with van der Waals surface area (Å²) in [6.07, 6.45) is 0. The van der Waals surface area contributed by atoms with Crippen LogP contribution in [0.2, 0.25) is 0 Å². The van der Waals surface area contributed by atoms with Crippen LogP contribution in [0.5, 0.6) is 0 Å². The normalized spacial score (nSPS) is 16.1. The number of nitrogens with two attached hydrogens (primary N) is 1. The van der Waals surface area contributed by atoms with Gasteiger partial charge in [-0.25, -0.2) is 8.42 Å². The first-order chi connectivity index (χ1) is 7.37. The number of rotatable bonds is 4. The third-order valence-corrected chi connectivity index (χ3v) is 4.37. The van der Waals surface area contributed by atoms with Gasteiger partial charge in [0.1, 0.15) is 0 Å². The maximum atomic E-state index is 11.9. The fourth-order valence-corrected chi connectivity index (χ4v) is 2.83. The van der Waals surface area contributed by atoms with Crippen molar-refractivity contribution in [2.75, 3.05) is 0 Å². The van der Waals surface area contributed by atoms with E-state index in [0.29, 0.717) is 0 Å². The van der Waals surface area contributed by atoms with Crippen LogP contribution in [-0.2, 0) is 9.84 Å². The van der Waals surface area contributed by atoms with Crippen molar-refractivity contribution in [1.82, 2.24) is 0 Å². The van der Waals surface area contributed by atoms with Gasteiger partial charge in [-0.05, 0) is 18.1 Å². The van der Waals surface area contributed by atoms with Gasteiger partial charge < -0.3 is 10.8 Å². The molecule has 4 nitrogen and oxygen atoms in total. The predicted molar refractivity (Wildman–Crippen MR) is 62.4 cm³/mol. The average molecular weight is 243 g/mol. The molecule has 2 atom stereocenters. The Kier molecular flexibility index (Phi) is 4.07. The molecule has 0 aromatic heterocycles. The van der Waals surface area contributed by atoms with Gasteiger partial charge in [-0.3, -0.25) is 0 Å². The van der Waals surface area contributed by atoms with Crippen molar-refractivity contribution in [3.63, 3.8) is 0 Å². The summed E-state index contributed by atoms with van der Waals surface area (Å²) in [5, 5.41) is 9.76. The summed E-state index contributed by atoms with van der Waals surface area (Å²) >= 11 is 0. The monoisotopic (exact) mass is 243 g/mol. The van der Waals surface area contributed by atoms with Crippen LogP contribution in [0.25, 0.3) is 0 Å². The SMILES string of the molecule is CC(C)[C@H](N)C(O)S(=O)(=O)c1ccccc1. The largest absolute Gasteiger partial charge is 0.375 e. The summed E-state index contributed by atoms with van der Waals surface area (Å²) in [6.45, 7) is 3.54. The lowest BCUT2D eigenvalue weighted by atomic mass is 10.1. The van der Waals surface area contributed by atoms with Crippen molar-refractivity contribution in [1.29, 1.82) is 0 Å². The Morgan fingerprint density at radius 3 is 2.12 bits per heavy atom. The third-order valence-electron chi connectivity index (χ3n) is 2.49. The van der Waals surface area contributed by atoms with E-state index in [1.165, 1.54) is 12.1 Å². The Bertz CT molecular complexity index is 428. The molecule has 0 spiro atoms. The van der Waals surface area contributed by atoms with Gasteiger partial charge in [0.2, 0.25) is 9.84 Å². The molecule has 0 aliphatic rings. The Hall–Kier alpha value is -0.910. The van der Waals surface area contributed by atoms with Gasteiger partial charge in [0, 0.05) is 6.04 Å². The number of aliphatic hydroxyl groups is 1. The Labute approximate surface area is 96.0 Å². The van der Waals surface area contributed by atoms with Gasteiger partial charge in [0.15, 0.2) is 5.44 Å². The number of hydrogen-bond donors (Lipinski definition) is 2. The van der Waals surface area contributed by atoms with Crippen molar-refractivity contribution in [3.05, 3.63) is 30.3 Å². The van der Waals surface area contributed by atoms with Crippen molar-refractivity contribution >= 4 is 9.84 Å². The molecule has 0 bridgehead atoms. The Morgan fingerprint density at radius 2 is 1.69 bits per heavy atom. The van der Waals surface area contributed by atoms with E-state index in [1.54, 1.807) is 32.0 Å². The van der Waals surface area contributed by atoms with Crippen LogP contribution in [0.1, 0.15) is 13.8 Å². The highest BCUT2D eigenvalue weighted by Gasteiger charge is 2.32. The van der Waals surface area contributed by atoms with Crippen molar-refractivity contribution < 1.29 is 13.5 Å². The van der Waals surface area contributed by atoms with Gasteiger partial charge in [0.05, 0.1) is 4.90 Å². The first-order valence-electron chi connectivity index (χ1n) is 5.10. The van der Waals surface area contributed by atoms with Crippen molar-refractivity contribution in [3.8, 4) is 0 Å². The highest BCUT2D eigenvalue weighted by molar-refractivity contribution is 7.92. The van der Waals surface area contributed by atoms with Gasteiger partial charge in [-0.2, -0.15) is 0 Å². The molecule has 5 heteroatoms. The van der Waals surface area contributed by atoms with E-state index in [0.717, 1.165) is 0 Å². The van der Waals surface area contributed by atoms with E-state index in [9.17, 15) is 13.5 Å². The van der Waals surface area contributed by atoms with Crippen molar-refractivity contribution in [2.24, 2.45) is 11.7 Å². The van der Waals surface area contributed by atoms with Crippen LogP contribution in [-0.4, -0.2) is 25.0 Å². The second-order valence-electron chi connectivity index (χ2n) is 4.07. The highest BCUT2D eigenvalue weighted by Crippen LogP contribution is 2.18. The van der Waals surface area contributed by atoms with Gasteiger partial charge in [0.25, 0.3) is 0 Å². The summed E-state index contributed by atoms with van der Waals surface area (Å²) in [5.74, 6) is -0.103.